The Balaban J connectivity index is 1.87. The normalized spacial score (nSPS) is 16.7. The van der Waals surface area contributed by atoms with E-state index in [1.165, 1.54) is 25.3 Å². The monoisotopic (exact) mass is 260 g/mol. The molecule has 0 saturated heterocycles. The first-order chi connectivity index (χ1) is 9.24. The molecule has 0 aliphatic heterocycles. The maximum atomic E-state index is 13.8. The van der Waals surface area contributed by atoms with Crippen molar-refractivity contribution in [1.29, 1.82) is 0 Å². The highest BCUT2D eigenvalue weighted by molar-refractivity contribution is 5.59. The molecule has 1 fully saturated rings. The van der Waals surface area contributed by atoms with E-state index in [1.54, 1.807) is 12.1 Å². The van der Waals surface area contributed by atoms with Crippen LogP contribution in [0.3, 0.4) is 0 Å². The van der Waals surface area contributed by atoms with Gasteiger partial charge in [0, 0.05) is 11.6 Å². The smallest absolute Gasteiger partial charge is 0.184 e. The summed E-state index contributed by atoms with van der Waals surface area (Å²) in [7, 11) is 0. The van der Waals surface area contributed by atoms with E-state index in [9.17, 15) is 4.39 Å². The fourth-order valence-electron chi connectivity index (χ4n) is 2.67. The molecule has 0 radical (unpaired) electrons. The minimum absolute atomic E-state index is 0.380. The molecule has 5 heteroatoms. The quantitative estimate of drug-likeness (QED) is 0.814. The van der Waals surface area contributed by atoms with Crippen molar-refractivity contribution in [3.8, 4) is 11.4 Å². The molecule has 1 saturated carbocycles. The van der Waals surface area contributed by atoms with Crippen molar-refractivity contribution in [2.24, 2.45) is 0 Å². The van der Waals surface area contributed by atoms with Crippen LogP contribution in [0.15, 0.2) is 18.2 Å². The molecule has 0 bridgehead atoms. The van der Waals surface area contributed by atoms with Gasteiger partial charge in [-0.05, 0) is 31.0 Å². The Hall–Kier alpha value is -1.91. The molecule has 1 aliphatic rings. The second-order valence-corrected chi connectivity index (χ2v) is 5.12. The standard InChI is InChI=1S/C14H17FN4/c15-12-8-10(16)6-7-11(12)14-17-13(18-19-14)9-4-2-1-3-5-9/h6-9H,1-5,16H2,(H,17,18,19). The van der Waals surface area contributed by atoms with Crippen LogP contribution in [0.2, 0.25) is 0 Å². The van der Waals surface area contributed by atoms with Gasteiger partial charge in [0.15, 0.2) is 5.82 Å². The van der Waals surface area contributed by atoms with E-state index >= 15 is 0 Å². The van der Waals surface area contributed by atoms with Crippen LogP contribution in [0, 0.1) is 5.82 Å². The predicted octanol–water partition coefficient (Wildman–Crippen LogP) is 3.24. The van der Waals surface area contributed by atoms with Gasteiger partial charge in [0.1, 0.15) is 11.6 Å². The zero-order valence-electron chi connectivity index (χ0n) is 10.7. The predicted molar refractivity (Wildman–Crippen MR) is 72.0 cm³/mol. The Labute approximate surface area is 111 Å². The number of benzene rings is 1. The molecule has 0 amide bonds. The minimum Gasteiger partial charge on any atom is -0.399 e. The molecule has 2 aromatic rings. The molecule has 4 nitrogen and oxygen atoms in total. The van der Waals surface area contributed by atoms with E-state index in [4.69, 9.17) is 5.73 Å². The molecular weight excluding hydrogens is 243 g/mol. The van der Waals surface area contributed by atoms with E-state index in [-0.39, 0.29) is 5.82 Å². The van der Waals surface area contributed by atoms with Crippen LogP contribution < -0.4 is 5.73 Å². The number of nitrogens with zero attached hydrogens (tertiary/aromatic N) is 2. The third-order valence-corrected chi connectivity index (χ3v) is 3.73. The first-order valence-electron chi connectivity index (χ1n) is 6.72. The van der Waals surface area contributed by atoms with Gasteiger partial charge in [-0.2, -0.15) is 5.10 Å². The summed E-state index contributed by atoms with van der Waals surface area (Å²) in [5.74, 6) is 1.35. The van der Waals surface area contributed by atoms with Crippen molar-refractivity contribution in [1.82, 2.24) is 15.2 Å². The first-order valence-corrected chi connectivity index (χ1v) is 6.72. The summed E-state index contributed by atoms with van der Waals surface area (Å²) in [6.45, 7) is 0. The summed E-state index contributed by atoms with van der Waals surface area (Å²) in [5, 5.41) is 7.09. The number of nitrogens with one attached hydrogen (secondary N) is 1. The van der Waals surface area contributed by atoms with Gasteiger partial charge in [0.25, 0.3) is 0 Å². The molecule has 0 unspecified atom stereocenters. The molecular formula is C14H17FN4. The third kappa shape index (κ3) is 2.45. The van der Waals surface area contributed by atoms with Gasteiger partial charge in [-0.15, -0.1) is 0 Å². The summed E-state index contributed by atoms with van der Waals surface area (Å²) in [5.41, 5.74) is 6.34. The highest BCUT2D eigenvalue weighted by Gasteiger charge is 2.20. The molecule has 1 heterocycles. The number of nitrogen functional groups attached to an aromatic ring is 1. The molecule has 3 N–H and O–H groups in total. The van der Waals surface area contributed by atoms with Gasteiger partial charge >= 0.3 is 0 Å². The van der Waals surface area contributed by atoms with E-state index in [2.05, 4.69) is 15.2 Å². The summed E-state index contributed by atoms with van der Waals surface area (Å²) < 4.78 is 13.8. The maximum Gasteiger partial charge on any atom is 0.184 e. The lowest BCUT2D eigenvalue weighted by atomic mass is 9.89. The lowest BCUT2D eigenvalue weighted by molar-refractivity contribution is 0.429. The molecule has 0 spiro atoms. The summed E-state index contributed by atoms with van der Waals surface area (Å²) >= 11 is 0. The number of nitrogens with two attached hydrogens (primary N) is 1. The van der Waals surface area contributed by atoms with E-state index < -0.39 is 0 Å². The fraction of sp³-hybridized carbons (Fsp3) is 0.429. The molecule has 100 valence electrons. The summed E-state index contributed by atoms with van der Waals surface area (Å²) in [6, 6.07) is 4.58. The van der Waals surface area contributed by atoms with Gasteiger partial charge in [-0.3, -0.25) is 5.10 Å². The molecule has 1 aliphatic carbocycles. The Bertz CT molecular complexity index is 573. The number of aromatic amines is 1. The van der Waals surface area contributed by atoms with Crippen LogP contribution >= 0.6 is 0 Å². The zero-order chi connectivity index (χ0) is 13.2. The maximum absolute atomic E-state index is 13.8. The van der Waals surface area contributed by atoms with Crippen LogP contribution in [0.1, 0.15) is 43.8 Å². The van der Waals surface area contributed by atoms with Crippen LogP contribution in [-0.2, 0) is 0 Å². The average molecular weight is 260 g/mol. The number of anilines is 1. The second-order valence-electron chi connectivity index (χ2n) is 5.12. The van der Waals surface area contributed by atoms with Crippen LogP contribution in [-0.4, -0.2) is 15.2 Å². The van der Waals surface area contributed by atoms with Crippen molar-refractivity contribution in [3.05, 3.63) is 29.8 Å². The van der Waals surface area contributed by atoms with Crippen molar-refractivity contribution in [3.63, 3.8) is 0 Å². The molecule has 19 heavy (non-hydrogen) atoms. The molecule has 1 aromatic carbocycles. The largest absolute Gasteiger partial charge is 0.399 e. The zero-order valence-corrected chi connectivity index (χ0v) is 10.7. The number of aromatic nitrogens is 3. The van der Waals surface area contributed by atoms with Crippen LogP contribution in [0.25, 0.3) is 11.4 Å². The number of rotatable bonds is 2. The first kappa shape index (κ1) is 12.1. The average Bonchev–Trinajstić information content (AvgIpc) is 2.89. The number of hydrogen-bond acceptors (Lipinski definition) is 3. The van der Waals surface area contributed by atoms with Gasteiger partial charge in [0.2, 0.25) is 0 Å². The lowest BCUT2D eigenvalue weighted by Crippen LogP contribution is -2.06. The van der Waals surface area contributed by atoms with E-state index in [0.29, 0.717) is 23.0 Å². The van der Waals surface area contributed by atoms with Gasteiger partial charge in [-0.1, -0.05) is 19.3 Å². The Morgan fingerprint density at radius 3 is 2.74 bits per heavy atom. The van der Waals surface area contributed by atoms with Gasteiger partial charge in [-0.25, -0.2) is 9.37 Å². The summed E-state index contributed by atoms with van der Waals surface area (Å²) in [6.07, 6.45) is 6.04. The second kappa shape index (κ2) is 4.99. The lowest BCUT2D eigenvalue weighted by Gasteiger charge is -2.18. The van der Waals surface area contributed by atoms with Gasteiger partial charge < -0.3 is 5.73 Å². The van der Waals surface area contributed by atoms with Crippen LogP contribution in [0.5, 0.6) is 0 Å². The topological polar surface area (TPSA) is 67.6 Å². The highest BCUT2D eigenvalue weighted by atomic mass is 19.1. The van der Waals surface area contributed by atoms with Crippen molar-refractivity contribution >= 4 is 5.69 Å². The third-order valence-electron chi connectivity index (χ3n) is 3.73. The van der Waals surface area contributed by atoms with Crippen LogP contribution in [0.4, 0.5) is 10.1 Å². The fourth-order valence-corrected chi connectivity index (χ4v) is 2.67. The van der Waals surface area contributed by atoms with E-state index in [1.807, 2.05) is 0 Å². The Morgan fingerprint density at radius 2 is 2.00 bits per heavy atom. The molecule has 0 atom stereocenters. The van der Waals surface area contributed by atoms with Crippen molar-refractivity contribution in [2.45, 2.75) is 38.0 Å². The SMILES string of the molecule is Nc1ccc(-c2n[nH]c(C3CCCCC3)n2)c(F)c1. The number of hydrogen-bond donors (Lipinski definition) is 2. The Morgan fingerprint density at radius 1 is 1.21 bits per heavy atom. The number of H-pyrrole nitrogens is 1. The molecule has 3 rings (SSSR count). The van der Waals surface area contributed by atoms with Crippen molar-refractivity contribution < 1.29 is 4.39 Å². The summed E-state index contributed by atoms with van der Waals surface area (Å²) in [4.78, 5) is 4.45. The Kier molecular flexibility index (Phi) is 3.19. The van der Waals surface area contributed by atoms with Gasteiger partial charge in [0.05, 0.1) is 5.56 Å². The van der Waals surface area contributed by atoms with Crippen molar-refractivity contribution in [2.75, 3.05) is 5.73 Å². The minimum atomic E-state index is -0.380. The molecule has 1 aromatic heterocycles. The van der Waals surface area contributed by atoms with E-state index in [0.717, 1.165) is 18.7 Å². The highest BCUT2D eigenvalue weighted by Crippen LogP contribution is 2.31. The number of halogens is 1.